The van der Waals surface area contributed by atoms with E-state index in [4.69, 9.17) is 5.73 Å². The number of H-pyrrole nitrogens is 1. The number of nitrogens with two attached hydrogens (primary N) is 1. The van der Waals surface area contributed by atoms with Crippen LogP contribution in [0.2, 0.25) is 0 Å². The second kappa shape index (κ2) is 3.18. The summed E-state index contributed by atoms with van der Waals surface area (Å²) in [7, 11) is 0. The van der Waals surface area contributed by atoms with Crippen LogP contribution in [0, 0.1) is 0 Å². The van der Waals surface area contributed by atoms with E-state index < -0.39 is 0 Å². The molecule has 0 saturated carbocycles. The van der Waals surface area contributed by atoms with E-state index in [9.17, 15) is 4.79 Å². The number of benzene rings is 1. The zero-order valence-corrected chi connectivity index (χ0v) is 8.00. The van der Waals surface area contributed by atoms with Gasteiger partial charge in [-0.25, -0.2) is 0 Å². The normalized spacial score (nSPS) is 10.6. The number of nitrogen functional groups attached to an aromatic ring is 1. The molecule has 0 saturated heterocycles. The number of aromatic amines is 1. The Labute approximate surface area is 81.6 Å². The second-order valence-electron chi connectivity index (χ2n) is 3.30. The van der Waals surface area contributed by atoms with Gasteiger partial charge in [0.1, 0.15) is 0 Å². The largest absolute Gasteiger partial charge is 0.399 e. The monoisotopic (exact) mass is 188 g/mol. The highest BCUT2D eigenvalue weighted by Gasteiger charge is 2.02. The van der Waals surface area contributed by atoms with Gasteiger partial charge in [0.05, 0.1) is 0 Å². The van der Waals surface area contributed by atoms with Crippen molar-refractivity contribution in [2.75, 3.05) is 5.73 Å². The van der Waals surface area contributed by atoms with Gasteiger partial charge in [0.15, 0.2) is 0 Å². The molecule has 0 unspecified atom stereocenters. The van der Waals surface area contributed by atoms with Crippen LogP contribution in [0.4, 0.5) is 5.69 Å². The average molecular weight is 188 g/mol. The second-order valence-corrected chi connectivity index (χ2v) is 3.30. The summed E-state index contributed by atoms with van der Waals surface area (Å²) in [5.74, 6) is 0. The summed E-state index contributed by atoms with van der Waals surface area (Å²) in [6.07, 6.45) is 2.66. The molecular formula is C11H12N2O. The maximum Gasteiger partial charge on any atom is 0.255 e. The van der Waals surface area contributed by atoms with Gasteiger partial charge >= 0.3 is 0 Å². The van der Waals surface area contributed by atoms with Crippen molar-refractivity contribution in [2.45, 2.75) is 13.3 Å². The number of fused-ring (bicyclic) bond motifs is 1. The number of rotatable bonds is 1. The molecule has 0 fully saturated rings. The van der Waals surface area contributed by atoms with Crippen molar-refractivity contribution < 1.29 is 0 Å². The molecular weight excluding hydrogens is 176 g/mol. The summed E-state index contributed by atoms with van der Waals surface area (Å²) in [6, 6.07) is 5.44. The van der Waals surface area contributed by atoms with Gasteiger partial charge in [-0.2, -0.15) is 0 Å². The van der Waals surface area contributed by atoms with Crippen molar-refractivity contribution >= 4 is 16.5 Å². The zero-order chi connectivity index (χ0) is 10.1. The number of aromatic nitrogens is 1. The molecule has 1 aromatic carbocycles. The van der Waals surface area contributed by atoms with E-state index in [0.29, 0.717) is 11.1 Å². The van der Waals surface area contributed by atoms with Crippen LogP contribution in [0.15, 0.2) is 29.2 Å². The molecule has 0 bridgehead atoms. The Hall–Kier alpha value is -1.77. The highest BCUT2D eigenvalue weighted by atomic mass is 16.1. The van der Waals surface area contributed by atoms with E-state index in [1.807, 2.05) is 12.1 Å². The number of hydrogen-bond acceptors (Lipinski definition) is 2. The summed E-state index contributed by atoms with van der Waals surface area (Å²) < 4.78 is 0. The molecule has 1 heterocycles. The van der Waals surface area contributed by atoms with Crippen LogP contribution < -0.4 is 11.3 Å². The van der Waals surface area contributed by atoms with Crippen LogP contribution in [0.25, 0.3) is 10.8 Å². The molecule has 0 spiro atoms. The van der Waals surface area contributed by atoms with Gasteiger partial charge in [-0.05, 0) is 29.5 Å². The van der Waals surface area contributed by atoms with E-state index in [1.54, 1.807) is 12.3 Å². The highest BCUT2D eigenvalue weighted by Crippen LogP contribution is 2.17. The third-order valence-corrected chi connectivity index (χ3v) is 2.39. The Balaban J connectivity index is 2.91. The molecule has 72 valence electrons. The van der Waals surface area contributed by atoms with E-state index >= 15 is 0 Å². The number of aryl methyl sites for hydroxylation is 1. The van der Waals surface area contributed by atoms with Crippen molar-refractivity contribution in [3.63, 3.8) is 0 Å². The first kappa shape index (κ1) is 8.81. The molecule has 2 rings (SSSR count). The molecule has 2 aromatic rings. The van der Waals surface area contributed by atoms with Gasteiger partial charge < -0.3 is 10.7 Å². The smallest absolute Gasteiger partial charge is 0.255 e. The van der Waals surface area contributed by atoms with Crippen molar-refractivity contribution in [2.24, 2.45) is 0 Å². The van der Waals surface area contributed by atoms with Crippen molar-refractivity contribution in [3.8, 4) is 0 Å². The number of pyridine rings is 1. The summed E-state index contributed by atoms with van der Waals surface area (Å²) >= 11 is 0. The minimum atomic E-state index is -0.0792. The molecule has 0 aliphatic heterocycles. The van der Waals surface area contributed by atoms with Gasteiger partial charge in [-0.1, -0.05) is 13.0 Å². The van der Waals surface area contributed by atoms with Crippen LogP contribution in [0.1, 0.15) is 12.5 Å². The Bertz CT molecular complexity index is 528. The number of anilines is 1. The van der Waals surface area contributed by atoms with Gasteiger partial charge in [-0.3, -0.25) is 4.79 Å². The van der Waals surface area contributed by atoms with Gasteiger partial charge in [-0.15, -0.1) is 0 Å². The standard InChI is InChI=1S/C11H12N2O/c1-2-7-6-13-11(14)10-5-8(12)3-4-9(7)10/h3-6H,2,12H2,1H3,(H,13,14). The molecule has 0 aliphatic rings. The van der Waals surface area contributed by atoms with E-state index in [-0.39, 0.29) is 5.56 Å². The van der Waals surface area contributed by atoms with Gasteiger partial charge in [0.2, 0.25) is 0 Å². The summed E-state index contributed by atoms with van der Waals surface area (Å²) in [5, 5.41) is 1.66. The lowest BCUT2D eigenvalue weighted by Gasteiger charge is -2.03. The third-order valence-electron chi connectivity index (χ3n) is 2.39. The fourth-order valence-electron chi connectivity index (χ4n) is 1.63. The van der Waals surface area contributed by atoms with E-state index in [0.717, 1.165) is 17.4 Å². The molecule has 0 amide bonds. The Morgan fingerprint density at radius 1 is 1.36 bits per heavy atom. The van der Waals surface area contributed by atoms with E-state index in [1.165, 1.54) is 0 Å². The Kier molecular flexibility index (Phi) is 2.00. The van der Waals surface area contributed by atoms with Gasteiger partial charge in [0.25, 0.3) is 5.56 Å². The first-order valence-electron chi connectivity index (χ1n) is 4.62. The minimum Gasteiger partial charge on any atom is -0.399 e. The fourth-order valence-corrected chi connectivity index (χ4v) is 1.63. The van der Waals surface area contributed by atoms with Crippen LogP contribution in [0.5, 0.6) is 0 Å². The molecule has 0 atom stereocenters. The van der Waals surface area contributed by atoms with Crippen molar-refractivity contribution in [3.05, 3.63) is 40.3 Å². The SMILES string of the molecule is CCc1c[nH]c(=O)c2cc(N)ccc12. The molecule has 14 heavy (non-hydrogen) atoms. The first-order valence-corrected chi connectivity index (χ1v) is 4.62. The zero-order valence-electron chi connectivity index (χ0n) is 8.00. The predicted molar refractivity (Wildman–Crippen MR) is 58.4 cm³/mol. The molecule has 1 aromatic heterocycles. The molecule has 0 radical (unpaired) electrons. The highest BCUT2D eigenvalue weighted by molar-refractivity contribution is 5.87. The molecule has 3 N–H and O–H groups in total. The maximum absolute atomic E-state index is 11.5. The average Bonchev–Trinajstić information content (AvgIpc) is 2.19. The lowest BCUT2D eigenvalue weighted by Crippen LogP contribution is -2.07. The molecule has 0 aliphatic carbocycles. The predicted octanol–water partition coefficient (Wildman–Crippen LogP) is 1.67. The Morgan fingerprint density at radius 2 is 2.14 bits per heavy atom. The topological polar surface area (TPSA) is 58.9 Å². The quantitative estimate of drug-likeness (QED) is 0.669. The summed E-state index contributed by atoms with van der Waals surface area (Å²) in [6.45, 7) is 2.06. The number of nitrogens with one attached hydrogen (secondary N) is 1. The third kappa shape index (κ3) is 1.27. The van der Waals surface area contributed by atoms with Crippen LogP contribution >= 0.6 is 0 Å². The summed E-state index contributed by atoms with van der Waals surface area (Å²) in [5.41, 5.74) is 7.31. The molecule has 3 nitrogen and oxygen atoms in total. The summed E-state index contributed by atoms with van der Waals surface area (Å²) in [4.78, 5) is 14.2. The molecule has 3 heteroatoms. The lowest BCUT2D eigenvalue weighted by molar-refractivity contribution is 1.11. The van der Waals surface area contributed by atoms with Crippen molar-refractivity contribution in [1.82, 2.24) is 4.98 Å². The van der Waals surface area contributed by atoms with E-state index in [2.05, 4.69) is 11.9 Å². The maximum atomic E-state index is 11.5. The van der Waals surface area contributed by atoms with Crippen LogP contribution in [0.3, 0.4) is 0 Å². The first-order chi connectivity index (χ1) is 6.72. The van der Waals surface area contributed by atoms with Crippen LogP contribution in [-0.4, -0.2) is 4.98 Å². The van der Waals surface area contributed by atoms with Gasteiger partial charge in [0, 0.05) is 17.3 Å². The Morgan fingerprint density at radius 3 is 2.86 bits per heavy atom. The minimum absolute atomic E-state index is 0.0792. The van der Waals surface area contributed by atoms with Crippen molar-refractivity contribution in [1.29, 1.82) is 0 Å². The fraction of sp³-hybridized carbons (Fsp3) is 0.182. The number of hydrogen-bond donors (Lipinski definition) is 2. The lowest BCUT2D eigenvalue weighted by atomic mass is 10.1. The van der Waals surface area contributed by atoms with Crippen LogP contribution in [-0.2, 0) is 6.42 Å².